The third kappa shape index (κ3) is 1.51. The normalized spacial score (nSPS) is 27.4. The van der Waals surface area contributed by atoms with E-state index in [4.69, 9.17) is 23.2 Å². The molecule has 16 heavy (non-hydrogen) atoms. The van der Waals surface area contributed by atoms with Crippen molar-refractivity contribution in [1.82, 2.24) is 0 Å². The second-order valence-electron chi connectivity index (χ2n) is 2.87. The summed E-state index contributed by atoms with van der Waals surface area (Å²) in [6, 6.07) is 0. The second kappa shape index (κ2) is 3.38. The van der Waals surface area contributed by atoms with E-state index < -0.39 is 26.8 Å². The van der Waals surface area contributed by atoms with Crippen LogP contribution in [0.25, 0.3) is 0 Å². The molecule has 0 aliphatic carbocycles. The van der Waals surface area contributed by atoms with E-state index in [1.54, 1.807) is 0 Å². The van der Waals surface area contributed by atoms with Crippen LogP contribution in [0.3, 0.4) is 0 Å². The van der Waals surface area contributed by atoms with Crippen LogP contribution in [0.15, 0.2) is 0 Å². The standard InChI is InChI=1S/C5Cl4F6O/c6-2(7)1(3(8,10)11,4(9,12)13)16-5(2,14)15. The number of halogens is 10. The van der Waals surface area contributed by atoms with Crippen LogP contribution in [0.2, 0.25) is 0 Å². The molecule has 0 N–H and O–H groups in total. The van der Waals surface area contributed by atoms with E-state index in [1.807, 2.05) is 0 Å². The summed E-state index contributed by atoms with van der Waals surface area (Å²) in [7, 11) is 0. The zero-order chi connectivity index (χ0) is 13.2. The average Bonchev–Trinajstić information content (AvgIpc) is 1.94. The molecule has 1 heterocycles. The molecule has 1 rings (SSSR count). The predicted molar refractivity (Wildman–Crippen MR) is 44.8 cm³/mol. The molecule has 0 atom stereocenters. The summed E-state index contributed by atoms with van der Waals surface area (Å²) in [6.07, 6.45) is -4.63. The van der Waals surface area contributed by atoms with Crippen LogP contribution >= 0.6 is 46.4 Å². The SMILES string of the molecule is FC(F)(Cl)C1(C(F)(F)Cl)OC(F)(F)C1(Cl)Cl. The van der Waals surface area contributed by atoms with Gasteiger partial charge in [0.25, 0.3) is 9.93 Å². The third-order valence-corrected chi connectivity index (χ3v) is 3.39. The summed E-state index contributed by atoms with van der Waals surface area (Å²) >= 11 is 18.0. The molecule has 1 fully saturated rings. The van der Waals surface area contributed by atoms with Gasteiger partial charge in [-0.3, -0.25) is 4.74 Å². The number of rotatable bonds is 2. The predicted octanol–water partition coefficient (Wildman–Crippen LogP) is 4.19. The van der Waals surface area contributed by atoms with Crippen molar-refractivity contribution in [3.05, 3.63) is 0 Å². The quantitative estimate of drug-likeness (QED) is 0.544. The van der Waals surface area contributed by atoms with Gasteiger partial charge in [-0.1, -0.05) is 23.2 Å². The molecule has 0 radical (unpaired) electrons. The van der Waals surface area contributed by atoms with E-state index in [1.165, 1.54) is 0 Å². The van der Waals surface area contributed by atoms with Gasteiger partial charge >= 0.3 is 16.9 Å². The van der Waals surface area contributed by atoms with E-state index in [-0.39, 0.29) is 0 Å². The monoisotopic (exact) mass is 330 g/mol. The Morgan fingerprint density at radius 2 is 1.19 bits per heavy atom. The minimum absolute atomic E-state index is 3.10. The van der Waals surface area contributed by atoms with Gasteiger partial charge in [-0.05, 0) is 23.2 Å². The summed E-state index contributed by atoms with van der Waals surface area (Å²) in [4.78, 5) is 0. The van der Waals surface area contributed by atoms with Crippen LogP contribution in [-0.4, -0.2) is 26.8 Å². The first-order valence-corrected chi connectivity index (χ1v) is 4.81. The van der Waals surface area contributed by atoms with Crippen molar-refractivity contribution in [1.29, 1.82) is 0 Å². The van der Waals surface area contributed by atoms with Crippen LogP contribution in [0.1, 0.15) is 0 Å². The van der Waals surface area contributed by atoms with Crippen molar-refractivity contribution in [2.24, 2.45) is 0 Å². The molecule has 0 aromatic carbocycles. The highest BCUT2D eigenvalue weighted by atomic mass is 35.5. The average molecular weight is 332 g/mol. The Hall–Kier alpha value is 0.700. The molecule has 11 heteroatoms. The van der Waals surface area contributed by atoms with Gasteiger partial charge in [-0.25, -0.2) is 0 Å². The van der Waals surface area contributed by atoms with Gasteiger partial charge in [0.05, 0.1) is 0 Å². The van der Waals surface area contributed by atoms with Gasteiger partial charge in [0.2, 0.25) is 0 Å². The molecule has 0 bridgehead atoms. The fourth-order valence-corrected chi connectivity index (χ4v) is 2.58. The Morgan fingerprint density at radius 1 is 0.875 bits per heavy atom. The van der Waals surface area contributed by atoms with Crippen LogP contribution in [-0.2, 0) is 4.74 Å². The second-order valence-corrected chi connectivity index (χ2v) is 5.15. The van der Waals surface area contributed by atoms with Gasteiger partial charge in [-0.2, -0.15) is 26.3 Å². The van der Waals surface area contributed by atoms with Gasteiger partial charge in [0.1, 0.15) is 0 Å². The fraction of sp³-hybridized carbons (Fsp3) is 1.00. The highest BCUT2D eigenvalue weighted by molar-refractivity contribution is 6.52. The van der Waals surface area contributed by atoms with E-state index in [2.05, 4.69) is 27.9 Å². The lowest BCUT2D eigenvalue weighted by Crippen LogP contribution is -2.83. The maximum atomic E-state index is 12.7. The van der Waals surface area contributed by atoms with Crippen LogP contribution in [0, 0.1) is 0 Å². The Labute approximate surface area is 105 Å². The molecule has 0 amide bonds. The third-order valence-electron chi connectivity index (χ3n) is 1.89. The molecule has 0 unspecified atom stereocenters. The van der Waals surface area contributed by atoms with Crippen LogP contribution < -0.4 is 0 Å². The van der Waals surface area contributed by atoms with E-state index in [0.717, 1.165) is 0 Å². The first kappa shape index (κ1) is 14.8. The van der Waals surface area contributed by atoms with Crippen molar-refractivity contribution in [3.63, 3.8) is 0 Å². The van der Waals surface area contributed by atoms with Crippen LogP contribution in [0.4, 0.5) is 26.3 Å². The highest BCUT2D eigenvalue weighted by Crippen LogP contribution is 2.70. The van der Waals surface area contributed by atoms with Gasteiger partial charge < -0.3 is 0 Å². The molecule has 0 spiro atoms. The van der Waals surface area contributed by atoms with Crippen molar-refractivity contribution in [3.8, 4) is 0 Å². The molecule has 0 saturated carbocycles. The molecular weight excluding hydrogens is 332 g/mol. The lowest BCUT2D eigenvalue weighted by atomic mass is 9.91. The largest absolute Gasteiger partial charge is 0.393 e. The van der Waals surface area contributed by atoms with Crippen molar-refractivity contribution < 1.29 is 31.1 Å². The smallest absolute Gasteiger partial charge is 0.292 e. The first-order chi connectivity index (χ1) is 6.71. The lowest BCUT2D eigenvalue weighted by Gasteiger charge is -2.57. The molecule has 1 aliphatic rings. The summed E-state index contributed by atoms with van der Waals surface area (Å²) in [5, 5.41) is -10.0. The van der Waals surface area contributed by atoms with E-state index in [9.17, 15) is 26.3 Å². The maximum Gasteiger partial charge on any atom is 0.393 e. The topological polar surface area (TPSA) is 9.23 Å². The van der Waals surface area contributed by atoms with Crippen molar-refractivity contribution in [2.75, 3.05) is 0 Å². The zero-order valence-electron chi connectivity index (χ0n) is 6.69. The first-order valence-electron chi connectivity index (χ1n) is 3.30. The summed E-state index contributed by atoms with van der Waals surface area (Å²) < 4.78 is 75.2. The highest BCUT2D eigenvalue weighted by Gasteiger charge is 2.94. The maximum absolute atomic E-state index is 12.7. The van der Waals surface area contributed by atoms with E-state index >= 15 is 0 Å². The Morgan fingerprint density at radius 3 is 1.25 bits per heavy atom. The van der Waals surface area contributed by atoms with Gasteiger partial charge in [0, 0.05) is 0 Å². The molecule has 1 aliphatic heterocycles. The molecular formula is C5Cl4F6O. The minimum atomic E-state index is -5.01. The molecule has 1 saturated heterocycles. The number of alkyl halides is 10. The summed E-state index contributed by atoms with van der Waals surface area (Å²) in [5.41, 5.74) is -4.43. The van der Waals surface area contributed by atoms with Crippen molar-refractivity contribution in [2.45, 2.75) is 26.8 Å². The Kier molecular flexibility index (Phi) is 3.11. The molecule has 0 aromatic rings. The van der Waals surface area contributed by atoms with Crippen molar-refractivity contribution >= 4 is 46.4 Å². The van der Waals surface area contributed by atoms with Gasteiger partial charge in [-0.15, -0.1) is 0 Å². The molecule has 0 aromatic heterocycles. The fourth-order valence-electron chi connectivity index (χ4n) is 1.11. The molecule has 1 nitrogen and oxygen atoms in total. The number of hydrogen-bond acceptors (Lipinski definition) is 1. The Balaban J connectivity index is 3.35. The number of ether oxygens (including phenoxy) is 1. The van der Waals surface area contributed by atoms with Crippen LogP contribution in [0.5, 0.6) is 0 Å². The zero-order valence-corrected chi connectivity index (χ0v) is 9.71. The lowest BCUT2D eigenvalue weighted by molar-refractivity contribution is -0.461. The Bertz CT molecular complexity index is 293. The number of hydrogen-bond donors (Lipinski definition) is 0. The van der Waals surface area contributed by atoms with Gasteiger partial charge in [0.15, 0.2) is 0 Å². The summed E-state index contributed by atoms with van der Waals surface area (Å²) in [6.45, 7) is 0. The summed E-state index contributed by atoms with van der Waals surface area (Å²) in [5.74, 6) is 0. The molecule has 96 valence electrons. The minimum Gasteiger partial charge on any atom is -0.292 e. The van der Waals surface area contributed by atoms with E-state index in [0.29, 0.717) is 0 Å².